The molecule has 1 aliphatic carbocycles. The molecule has 2 aliphatic rings. The van der Waals surface area contributed by atoms with Gasteiger partial charge in [-0.1, -0.05) is 39.0 Å². The summed E-state index contributed by atoms with van der Waals surface area (Å²) in [5.41, 5.74) is 1.60. The Bertz CT molecular complexity index is 1070. The van der Waals surface area contributed by atoms with Gasteiger partial charge in [-0.15, -0.1) is 0 Å². The van der Waals surface area contributed by atoms with E-state index < -0.39 is 10.0 Å². The third kappa shape index (κ3) is 5.98. The summed E-state index contributed by atoms with van der Waals surface area (Å²) in [6.07, 6.45) is 10.0. The number of carbonyl (C=O) groups is 1. The first-order valence-corrected chi connectivity index (χ1v) is 14.3. The van der Waals surface area contributed by atoms with E-state index in [1.54, 1.807) is 12.1 Å². The summed E-state index contributed by atoms with van der Waals surface area (Å²) in [6.45, 7) is 4.52. The molecule has 2 heterocycles. The lowest BCUT2D eigenvalue weighted by Gasteiger charge is -2.26. The maximum absolute atomic E-state index is 13.1. The largest absolute Gasteiger partial charge is 0.379 e. The SMILES string of the molecule is CCCCn1c(CCC(=O)NC2CCCCCC2)nc2cc(S(=O)(=O)N3CCOCC3)ccc21. The Labute approximate surface area is 203 Å². The lowest BCUT2D eigenvalue weighted by molar-refractivity contribution is -0.121. The zero-order chi connectivity index (χ0) is 24.0. The minimum Gasteiger partial charge on any atom is -0.379 e. The highest BCUT2D eigenvalue weighted by Gasteiger charge is 2.27. The van der Waals surface area contributed by atoms with Crippen LogP contribution in [0, 0.1) is 0 Å². The van der Waals surface area contributed by atoms with Crippen LogP contribution in [0.25, 0.3) is 11.0 Å². The van der Waals surface area contributed by atoms with E-state index in [2.05, 4.69) is 16.8 Å². The van der Waals surface area contributed by atoms with Crippen LogP contribution in [0.1, 0.15) is 70.5 Å². The molecule has 1 amide bonds. The number of fused-ring (bicyclic) bond motifs is 1. The van der Waals surface area contributed by atoms with Crippen molar-refractivity contribution in [2.75, 3.05) is 26.3 Å². The molecule has 0 bridgehead atoms. The third-order valence-corrected chi connectivity index (χ3v) is 8.83. The normalized spacial score (nSPS) is 18.7. The molecule has 2 fully saturated rings. The Morgan fingerprint density at radius 1 is 1.15 bits per heavy atom. The summed E-state index contributed by atoms with van der Waals surface area (Å²) in [7, 11) is -3.58. The Kier molecular flexibility index (Phi) is 8.60. The second kappa shape index (κ2) is 11.6. The van der Waals surface area contributed by atoms with E-state index in [0.29, 0.717) is 50.7 Å². The maximum Gasteiger partial charge on any atom is 0.243 e. The van der Waals surface area contributed by atoms with E-state index in [0.717, 1.165) is 43.6 Å². The van der Waals surface area contributed by atoms with Crippen LogP contribution in [-0.2, 0) is 32.5 Å². The fourth-order valence-corrected chi connectivity index (χ4v) is 6.39. The molecule has 4 rings (SSSR count). The van der Waals surface area contributed by atoms with Crippen LogP contribution in [-0.4, -0.2) is 60.5 Å². The number of benzene rings is 1. The highest BCUT2D eigenvalue weighted by atomic mass is 32.2. The van der Waals surface area contributed by atoms with Crippen molar-refractivity contribution in [1.29, 1.82) is 0 Å². The lowest BCUT2D eigenvalue weighted by Crippen LogP contribution is -2.40. The summed E-state index contributed by atoms with van der Waals surface area (Å²) in [5, 5.41) is 3.22. The number of nitrogens with zero attached hydrogens (tertiary/aromatic N) is 3. The molecule has 1 saturated heterocycles. The minimum atomic E-state index is -3.58. The van der Waals surface area contributed by atoms with Crippen LogP contribution in [0.5, 0.6) is 0 Å². The summed E-state index contributed by atoms with van der Waals surface area (Å²) in [4.78, 5) is 17.7. The number of morpholine rings is 1. The highest BCUT2D eigenvalue weighted by Crippen LogP contribution is 2.25. The monoisotopic (exact) mass is 490 g/mol. The van der Waals surface area contributed by atoms with Gasteiger partial charge in [0.05, 0.1) is 29.1 Å². The molecular weight excluding hydrogens is 452 g/mol. The molecule has 34 heavy (non-hydrogen) atoms. The van der Waals surface area contributed by atoms with Crippen molar-refractivity contribution in [2.45, 2.75) is 88.6 Å². The molecular formula is C25H38N4O4S. The topological polar surface area (TPSA) is 93.5 Å². The summed E-state index contributed by atoms with van der Waals surface area (Å²) < 4.78 is 35.1. The molecule has 1 aromatic heterocycles. The summed E-state index contributed by atoms with van der Waals surface area (Å²) >= 11 is 0. The zero-order valence-corrected chi connectivity index (χ0v) is 21.1. The van der Waals surface area contributed by atoms with Crippen molar-refractivity contribution in [1.82, 2.24) is 19.2 Å². The Balaban J connectivity index is 1.51. The second-order valence-electron chi connectivity index (χ2n) is 9.46. The van der Waals surface area contributed by atoms with E-state index in [1.165, 1.54) is 30.0 Å². The molecule has 0 spiro atoms. The number of sulfonamides is 1. The van der Waals surface area contributed by atoms with Gasteiger partial charge in [0, 0.05) is 38.5 Å². The van der Waals surface area contributed by atoms with Gasteiger partial charge in [-0.25, -0.2) is 13.4 Å². The number of carbonyl (C=O) groups excluding carboxylic acids is 1. The zero-order valence-electron chi connectivity index (χ0n) is 20.3. The number of amides is 1. The van der Waals surface area contributed by atoms with Crippen molar-refractivity contribution in [3.63, 3.8) is 0 Å². The van der Waals surface area contributed by atoms with Gasteiger partial charge in [-0.2, -0.15) is 4.31 Å². The fourth-order valence-electron chi connectivity index (χ4n) is 4.96. The number of imidazole rings is 1. The smallest absolute Gasteiger partial charge is 0.243 e. The highest BCUT2D eigenvalue weighted by molar-refractivity contribution is 7.89. The van der Waals surface area contributed by atoms with Gasteiger partial charge in [0.2, 0.25) is 15.9 Å². The van der Waals surface area contributed by atoms with E-state index in [4.69, 9.17) is 9.72 Å². The first-order chi connectivity index (χ1) is 16.5. The maximum atomic E-state index is 13.1. The number of unbranched alkanes of at least 4 members (excludes halogenated alkanes) is 1. The standard InChI is InChI=1S/C25H38N4O4S/c1-2-3-14-29-23-11-10-21(34(31,32)28-15-17-33-18-16-28)19-22(23)27-24(29)12-13-25(30)26-20-8-6-4-5-7-9-20/h10-11,19-20H,2-9,12-18H2,1H3,(H,26,30). The van der Waals surface area contributed by atoms with Crippen molar-refractivity contribution >= 4 is 27.0 Å². The number of nitrogens with one attached hydrogen (secondary N) is 1. The average Bonchev–Trinajstić information content (AvgIpc) is 2.99. The number of hydrogen-bond donors (Lipinski definition) is 1. The van der Waals surface area contributed by atoms with Crippen molar-refractivity contribution in [2.24, 2.45) is 0 Å². The summed E-state index contributed by atoms with van der Waals surface area (Å²) in [6, 6.07) is 5.51. The van der Waals surface area contributed by atoms with E-state index in [1.807, 2.05) is 6.07 Å². The first kappa shape index (κ1) is 25.1. The molecule has 188 valence electrons. The van der Waals surface area contributed by atoms with E-state index in [-0.39, 0.29) is 10.8 Å². The molecule has 9 heteroatoms. The Hall–Kier alpha value is -1.97. The molecule has 0 unspecified atom stereocenters. The number of ether oxygens (including phenoxy) is 1. The van der Waals surface area contributed by atoms with Crippen LogP contribution >= 0.6 is 0 Å². The molecule has 1 aliphatic heterocycles. The van der Waals surface area contributed by atoms with Crippen molar-refractivity contribution in [3.8, 4) is 0 Å². The van der Waals surface area contributed by atoms with Gasteiger partial charge in [-0.05, 0) is 37.5 Å². The number of aryl methyl sites for hydroxylation is 2. The van der Waals surface area contributed by atoms with Gasteiger partial charge in [0.25, 0.3) is 0 Å². The van der Waals surface area contributed by atoms with Crippen LogP contribution in [0.15, 0.2) is 23.1 Å². The molecule has 2 aromatic rings. The molecule has 1 saturated carbocycles. The number of hydrogen-bond acceptors (Lipinski definition) is 5. The fraction of sp³-hybridized carbons (Fsp3) is 0.680. The van der Waals surface area contributed by atoms with Crippen LogP contribution in [0.3, 0.4) is 0 Å². The van der Waals surface area contributed by atoms with Crippen molar-refractivity contribution in [3.05, 3.63) is 24.0 Å². The van der Waals surface area contributed by atoms with Gasteiger partial charge in [-0.3, -0.25) is 4.79 Å². The number of rotatable bonds is 9. The van der Waals surface area contributed by atoms with E-state index in [9.17, 15) is 13.2 Å². The minimum absolute atomic E-state index is 0.0802. The van der Waals surface area contributed by atoms with Crippen LogP contribution < -0.4 is 5.32 Å². The predicted molar refractivity (Wildman–Crippen MR) is 132 cm³/mol. The quantitative estimate of drug-likeness (QED) is 0.542. The third-order valence-electron chi connectivity index (χ3n) is 6.94. The van der Waals surface area contributed by atoms with Crippen molar-refractivity contribution < 1.29 is 17.9 Å². The first-order valence-electron chi connectivity index (χ1n) is 12.9. The molecule has 1 aromatic carbocycles. The van der Waals surface area contributed by atoms with Gasteiger partial charge in [0.15, 0.2) is 0 Å². The molecule has 0 radical (unpaired) electrons. The second-order valence-corrected chi connectivity index (χ2v) is 11.4. The molecule has 0 atom stereocenters. The predicted octanol–water partition coefficient (Wildman–Crippen LogP) is 3.63. The Morgan fingerprint density at radius 3 is 2.59 bits per heavy atom. The lowest BCUT2D eigenvalue weighted by atomic mass is 10.1. The molecule has 1 N–H and O–H groups in total. The van der Waals surface area contributed by atoms with Gasteiger partial charge >= 0.3 is 0 Å². The summed E-state index contributed by atoms with van der Waals surface area (Å²) in [5.74, 6) is 0.928. The number of aromatic nitrogens is 2. The van der Waals surface area contributed by atoms with Gasteiger partial charge < -0.3 is 14.6 Å². The molecule has 8 nitrogen and oxygen atoms in total. The van der Waals surface area contributed by atoms with Gasteiger partial charge in [0.1, 0.15) is 5.82 Å². The Morgan fingerprint density at radius 2 is 1.88 bits per heavy atom. The average molecular weight is 491 g/mol. The van der Waals surface area contributed by atoms with Crippen LogP contribution in [0.4, 0.5) is 0 Å². The van der Waals surface area contributed by atoms with E-state index >= 15 is 0 Å². The van der Waals surface area contributed by atoms with Crippen LogP contribution in [0.2, 0.25) is 0 Å².